The van der Waals surface area contributed by atoms with Crippen molar-refractivity contribution >= 4 is 34.9 Å². The van der Waals surface area contributed by atoms with Crippen LogP contribution in [0.25, 0.3) is 0 Å². The molecule has 1 aliphatic heterocycles. The van der Waals surface area contributed by atoms with Crippen LogP contribution >= 0.6 is 11.6 Å². The van der Waals surface area contributed by atoms with Crippen LogP contribution in [0.2, 0.25) is 5.02 Å². The Morgan fingerprint density at radius 2 is 1.78 bits per heavy atom. The number of anilines is 2. The molecule has 1 N–H and O–H groups in total. The molecule has 0 unspecified atom stereocenters. The molecule has 0 bridgehead atoms. The van der Waals surface area contributed by atoms with Crippen molar-refractivity contribution in [2.24, 2.45) is 0 Å². The smallest absolute Gasteiger partial charge is 0.325 e. The van der Waals surface area contributed by atoms with Gasteiger partial charge in [0.05, 0.1) is 0 Å². The molecule has 1 aliphatic rings. The molecule has 2 aromatic rings. The predicted molar refractivity (Wildman–Crippen MR) is 109 cm³/mol. The second-order valence-corrected chi connectivity index (χ2v) is 7.12. The van der Waals surface area contributed by atoms with E-state index < -0.39 is 0 Å². The molecule has 0 aromatic heterocycles. The molecule has 0 saturated carbocycles. The Labute approximate surface area is 164 Å². The third kappa shape index (κ3) is 5.01. The number of benzene rings is 2. The third-order valence-electron chi connectivity index (χ3n) is 4.62. The van der Waals surface area contributed by atoms with Gasteiger partial charge in [0.1, 0.15) is 6.54 Å². The minimum absolute atomic E-state index is 0.0422. The van der Waals surface area contributed by atoms with E-state index in [1.54, 1.807) is 21.9 Å². The van der Waals surface area contributed by atoms with E-state index in [0.717, 1.165) is 30.6 Å². The maximum atomic E-state index is 12.6. The number of urea groups is 1. The lowest BCUT2D eigenvalue weighted by molar-refractivity contribution is -0.116. The van der Waals surface area contributed by atoms with Gasteiger partial charge in [-0.05, 0) is 54.8 Å². The number of nitrogens with zero attached hydrogens (tertiary/aromatic N) is 2. The molecule has 5 nitrogen and oxygen atoms in total. The maximum absolute atomic E-state index is 12.6. The second-order valence-electron chi connectivity index (χ2n) is 6.68. The van der Waals surface area contributed by atoms with E-state index in [9.17, 15) is 9.59 Å². The van der Waals surface area contributed by atoms with Gasteiger partial charge in [0.15, 0.2) is 0 Å². The SMILES string of the molecule is CCCCc1ccc(NC(=O)CN2CCN(c3ccc(Cl)cc3)C2=O)cc1. The summed E-state index contributed by atoms with van der Waals surface area (Å²) in [4.78, 5) is 28.1. The summed E-state index contributed by atoms with van der Waals surface area (Å²) in [7, 11) is 0. The van der Waals surface area contributed by atoms with Crippen molar-refractivity contribution in [2.75, 3.05) is 29.9 Å². The fourth-order valence-corrected chi connectivity index (χ4v) is 3.23. The van der Waals surface area contributed by atoms with Gasteiger partial charge in [0.25, 0.3) is 0 Å². The molecule has 2 aromatic carbocycles. The summed E-state index contributed by atoms with van der Waals surface area (Å²) in [5.41, 5.74) is 2.81. The van der Waals surface area contributed by atoms with Gasteiger partial charge in [0.2, 0.25) is 5.91 Å². The first-order valence-corrected chi connectivity index (χ1v) is 9.65. The van der Waals surface area contributed by atoms with Gasteiger partial charge < -0.3 is 10.2 Å². The van der Waals surface area contributed by atoms with E-state index in [2.05, 4.69) is 12.2 Å². The van der Waals surface area contributed by atoms with Crippen LogP contribution in [-0.2, 0) is 11.2 Å². The number of halogens is 1. The summed E-state index contributed by atoms with van der Waals surface area (Å²) >= 11 is 5.90. The highest BCUT2D eigenvalue weighted by molar-refractivity contribution is 6.30. The Balaban J connectivity index is 1.53. The lowest BCUT2D eigenvalue weighted by atomic mass is 10.1. The van der Waals surface area contributed by atoms with Crippen LogP contribution in [0, 0.1) is 0 Å². The van der Waals surface area contributed by atoms with Gasteiger partial charge in [-0.15, -0.1) is 0 Å². The molecule has 1 fully saturated rings. The van der Waals surface area contributed by atoms with Crippen LogP contribution in [0.1, 0.15) is 25.3 Å². The molecule has 0 aliphatic carbocycles. The van der Waals surface area contributed by atoms with E-state index in [1.807, 2.05) is 36.4 Å². The summed E-state index contributed by atoms with van der Waals surface area (Å²) in [6.07, 6.45) is 3.37. The fourth-order valence-electron chi connectivity index (χ4n) is 3.10. The Kier molecular flexibility index (Phi) is 6.35. The monoisotopic (exact) mass is 385 g/mol. The van der Waals surface area contributed by atoms with Crippen LogP contribution in [0.4, 0.5) is 16.2 Å². The van der Waals surface area contributed by atoms with Crippen molar-refractivity contribution < 1.29 is 9.59 Å². The molecule has 0 spiro atoms. The van der Waals surface area contributed by atoms with Gasteiger partial charge in [-0.1, -0.05) is 37.1 Å². The Morgan fingerprint density at radius 1 is 1.07 bits per heavy atom. The summed E-state index contributed by atoms with van der Waals surface area (Å²) in [6.45, 7) is 3.29. The average molecular weight is 386 g/mol. The minimum Gasteiger partial charge on any atom is -0.325 e. The molecule has 6 heteroatoms. The lowest BCUT2D eigenvalue weighted by Crippen LogP contribution is -2.37. The van der Waals surface area contributed by atoms with Gasteiger partial charge in [-0.25, -0.2) is 4.79 Å². The zero-order valence-corrected chi connectivity index (χ0v) is 16.2. The molecule has 27 heavy (non-hydrogen) atoms. The van der Waals surface area contributed by atoms with E-state index in [4.69, 9.17) is 11.6 Å². The van der Waals surface area contributed by atoms with Crippen LogP contribution in [0.15, 0.2) is 48.5 Å². The highest BCUT2D eigenvalue weighted by atomic mass is 35.5. The molecule has 3 amide bonds. The number of hydrogen-bond acceptors (Lipinski definition) is 2. The largest absolute Gasteiger partial charge is 0.325 e. The first-order valence-electron chi connectivity index (χ1n) is 9.27. The van der Waals surface area contributed by atoms with Crippen molar-refractivity contribution in [3.8, 4) is 0 Å². The molecule has 1 saturated heterocycles. The highest BCUT2D eigenvalue weighted by Gasteiger charge is 2.30. The average Bonchev–Trinajstić information content (AvgIpc) is 3.02. The molecule has 1 heterocycles. The molecule has 142 valence electrons. The number of nitrogens with one attached hydrogen (secondary N) is 1. The number of carbonyl (C=O) groups is 2. The van der Waals surface area contributed by atoms with E-state index in [0.29, 0.717) is 18.1 Å². The molecule has 0 radical (unpaired) electrons. The van der Waals surface area contributed by atoms with Crippen molar-refractivity contribution in [3.05, 3.63) is 59.1 Å². The lowest BCUT2D eigenvalue weighted by Gasteiger charge is -2.18. The summed E-state index contributed by atoms with van der Waals surface area (Å²) < 4.78 is 0. The van der Waals surface area contributed by atoms with E-state index >= 15 is 0 Å². The quantitative estimate of drug-likeness (QED) is 0.759. The Hall–Kier alpha value is -2.53. The highest BCUT2D eigenvalue weighted by Crippen LogP contribution is 2.22. The van der Waals surface area contributed by atoms with Gasteiger partial charge in [-0.2, -0.15) is 0 Å². The Morgan fingerprint density at radius 3 is 2.44 bits per heavy atom. The van der Waals surface area contributed by atoms with Crippen molar-refractivity contribution in [1.82, 2.24) is 4.90 Å². The van der Waals surface area contributed by atoms with Crippen molar-refractivity contribution in [1.29, 1.82) is 0 Å². The number of carbonyl (C=O) groups excluding carboxylic acids is 2. The summed E-state index contributed by atoms with van der Waals surface area (Å²) in [5, 5.41) is 3.49. The van der Waals surface area contributed by atoms with Crippen LogP contribution in [0.3, 0.4) is 0 Å². The fraction of sp³-hybridized carbons (Fsp3) is 0.333. The van der Waals surface area contributed by atoms with Crippen LogP contribution in [-0.4, -0.2) is 36.5 Å². The summed E-state index contributed by atoms with van der Waals surface area (Å²) in [6, 6.07) is 14.9. The normalized spacial score (nSPS) is 13.9. The number of amides is 3. The maximum Gasteiger partial charge on any atom is 0.325 e. The van der Waals surface area contributed by atoms with Crippen molar-refractivity contribution in [2.45, 2.75) is 26.2 Å². The van der Waals surface area contributed by atoms with E-state index in [-0.39, 0.29) is 18.5 Å². The number of aryl methyl sites for hydroxylation is 1. The number of rotatable bonds is 7. The van der Waals surface area contributed by atoms with Gasteiger partial charge >= 0.3 is 6.03 Å². The first-order chi connectivity index (χ1) is 13.1. The second kappa shape index (κ2) is 8.91. The van der Waals surface area contributed by atoms with Gasteiger partial charge in [0, 0.05) is 29.5 Å². The first kappa shape index (κ1) is 19.2. The molecule has 3 rings (SSSR count). The number of hydrogen-bond donors (Lipinski definition) is 1. The third-order valence-corrected chi connectivity index (χ3v) is 4.88. The zero-order chi connectivity index (χ0) is 19.2. The van der Waals surface area contributed by atoms with Crippen LogP contribution in [0.5, 0.6) is 0 Å². The van der Waals surface area contributed by atoms with E-state index in [1.165, 1.54) is 5.56 Å². The standard InChI is InChI=1S/C21H24ClN3O2/c1-2-3-4-16-5-9-18(10-6-16)23-20(26)15-24-13-14-25(21(24)27)19-11-7-17(22)8-12-19/h5-12H,2-4,13-15H2,1H3,(H,23,26). The predicted octanol–water partition coefficient (Wildman–Crippen LogP) is 4.56. The molecule has 0 atom stereocenters. The van der Waals surface area contributed by atoms with Gasteiger partial charge in [-0.3, -0.25) is 9.69 Å². The molecular weight excluding hydrogens is 362 g/mol. The topological polar surface area (TPSA) is 52.7 Å². The summed E-state index contributed by atoms with van der Waals surface area (Å²) in [5.74, 6) is -0.192. The Bertz CT molecular complexity index is 790. The van der Waals surface area contributed by atoms with Crippen LogP contribution < -0.4 is 10.2 Å². The van der Waals surface area contributed by atoms with Crippen molar-refractivity contribution in [3.63, 3.8) is 0 Å². The minimum atomic E-state index is -0.192. The molecular formula is C21H24ClN3O2. The number of unbranched alkanes of at least 4 members (excludes halogenated alkanes) is 1. The zero-order valence-electron chi connectivity index (χ0n) is 15.5.